The monoisotopic (exact) mass is 654 g/mol. The molecule has 0 saturated carbocycles. The van der Waals surface area contributed by atoms with Crippen molar-refractivity contribution in [1.29, 1.82) is 0 Å². The first-order chi connectivity index (χ1) is 21.1. The van der Waals surface area contributed by atoms with Gasteiger partial charge >= 0.3 is 18.4 Å². The number of carbonyl (C=O) groups excluding carboxylic acids is 2. The molecule has 4 rings (SSSR count). The Balaban J connectivity index is 1.82. The van der Waals surface area contributed by atoms with E-state index >= 15 is 0 Å². The van der Waals surface area contributed by atoms with E-state index < -0.39 is 53.5 Å². The zero-order chi connectivity index (χ0) is 34.5. The van der Waals surface area contributed by atoms with Gasteiger partial charge in [0.15, 0.2) is 0 Å². The van der Waals surface area contributed by atoms with Gasteiger partial charge in [-0.15, -0.1) is 0 Å². The van der Waals surface area contributed by atoms with Gasteiger partial charge in [0.1, 0.15) is 11.9 Å². The van der Waals surface area contributed by atoms with E-state index in [1.807, 2.05) is 13.8 Å². The number of hydrogen-bond donors (Lipinski definition) is 0. The number of nitrogens with zero attached hydrogens (tertiary/aromatic N) is 2. The van der Waals surface area contributed by atoms with Gasteiger partial charge in [-0.05, 0) is 79.5 Å². The third kappa shape index (κ3) is 7.15. The fourth-order valence-electron chi connectivity index (χ4n) is 6.38. The highest BCUT2D eigenvalue weighted by Gasteiger charge is 2.43. The third-order valence-corrected chi connectivity index (χ3v) is 8.81. The topological polar surface area (TPSA) is 59.1 Å². The maximum atomic E-state index is 14.3. The van der Waals surface area contributed by atoms with Gasteiger partial charge in [-0.2, -0.15) is 26.3 Å². The Morgan fingerprint density at radius 1 is 1.09 bits per heavy atom. The van der Waals surface area contributed by atoms with Crippen molar-refractivity contribution in [2.45, 2.75) is 85.3 Å². The molecule has 2 aliphatic rings. The standard InChI is InChI=1S/C34H40F6N2O4/c1-18(2)30(43)41(7)27-14-25(28(45-8)15-26(27)34(38,39)40)24-9-10-32(5,6)16-22(24)17-42-20(4)29(46-31(42)44)21-11-19(3)12-23(13-21)33(35,36)37/h11-15,18,20,29H,9-10,16-17H2,1-8H3/t20-,29-/m0/s1. The second-order valence-corrected chi connectivity index (χ2v) is 13.3. The summed E-state index contributed by atoms with van der Waals surface area (Å²) in [4.78, 5) is 28.5. The van der Waals surface area contributed by atoms with E-state index in [4.69, 9.17) is 9.47 Å². The second kappa shape index (κ2) is 12.5. The summed E-state index contributed by atoms with van der Waals surface area (Å²) in [6.07, 6.45) is -9.37. The number of anilines is 1. The number of amides is 2. The lowest BCUT2D eigenvalue weighted by Crippen LogP contribution is -2.36. The average molecular weight is 655 g/mol. The number of halogens is 6. The highest BCUT2D eigenvalue weighted by Crippen LogP contribution is 2.49. The Morgan fingerprint density at radius 3 is 2.30 bits per heavy atom. The van der Waals surface area contributed by atoms with Crippen LogP contribution in [-0.2, 0) is 21.9 Å². The molecule has 0 aromatic heterocycles. The maximum absolute atomic E-state index is 14.3. The van der Waals surface area contributed by atoms with Gasteiger partial charge in [-0.3, -0.25) is 9.69 Å². The van der Waals surface area contributed by atoms with Crippen LogP contribution in [0.25, 0.3) is 5.57 Å². The maximum Gasteiger partial charge on any atom is 0.418 e. The van der Waals surface area contributed by atoms with E-state index in [0.717, 1.165) is 28.7 Å². The van der Waals surface area contributed by atoms with E-state index in [2.05, 4.69) is 0 Å². The van der Waals surface area contributed by atoms with Gasteiger partial charge in [0.2, 0.25) is 5.91 Å². The third-order valence-electron chi connectivity index (χ3n) is 8.81. The molecule has 0 radical (unpaired) electrons. The largest absolute Gasteiger partial charge is 0.496 e. The summed E-state index contributed by atoms with van der Waals surface area (Å²) in [5.74, 6) is -1.08. The number of cyclic esters (lactones) is 1. The van der Waals surface area contributed by atoms with E-state index in [9.17, 15) is 35.9 Å². The number of aryl methyl sites for hydroxylation is 1. The first-order valence-electron chi connectivity index (χ1n) is 15.1. The number of ether oxygens (including phenoxy) is 2. The number of alkyl halides is 6. The first-order valence-corrected chi connectivity index (χ1v) is 15.1. The lowest BCUT2D eigenvalue weighted by Gasteiger charge is -2.36. The molecule has 0 unspecified atom stereocenters. The van der Waals surface area contributed by atoms with Crippen LogP contribution in [0.1, 0.15) is 87.8 Å². The number of methoxy groups -OCH3 is 1. The minimum Gasteiger partial charge on any atom is -0.496 e. The number of hydrogen-bond acceptors (Lipinski definition) is 4. The summed E-state index contributed by atoms with van der Waals surface area (Å²) < 4.78 is 94.6. The van der Waals surface area contributed by atoms with E-state index in [-0.39, 0.29) is 29.0 Å². The zero-order valence-corrected chi connectivity index (χ0v) is 27.2. The molecule has 6 nitrogen and oxygen atoms in total. The van der Waals surface area contributed by atoms with Crippen molar-refractivity contribution in [3.63, 3.8) is 0 Å². The van der Waals surface area contributed by atoms with Crippen molar-refractivity contribution in [2.75, 3.05) is 25.6 Å². The van der Waals surface area contributed by atoms with Crippen LogP contribution in [0.3, 0.4) is 0 Å². The number of rotatable bonds is 7. The molecule has 0 bridgehead atoms. The molecule has 252 valence electrons. The van der Waals surface area contributed by atoms with Crippen LogP contribution in [0.2, 0.25) is 0 Å². The van der Waals surface area contributed by atoms with Crippen molar-refractivity contribution in [3.8, 4) is 5.75 Å². The molecule has 2 aromatic rings. The Bertz CT molecular complexity index is 1540. The molecule has 1 aliphatic heterocycles. The number of benzene rings is 2. The highest BCUT2D eigenvalue weighted by atomic mass is 19.4. The van der Waals surface area contributed by atoms with Crippen molar-refractivity contribution in [1.82, 2.24) is 4.90 Å². The second-order valence-electron chi connectivity index (χ2n) is 13.3. The van der Waals surface area contributed by atoms with E-state index in [1.54, 1.807) is 26.8 Å². The predicted octanol–water partition coefficient (Wildman–Crippen LogP) is 9.21. The summed E-state index contributed by atoms with van der Waals surface area (Å²) in [7, 11) is 2.58. The van der Waals surface area contributed by atoms with Gasteiger partial charge in [-0.25, -0.2) is 4.79 Å². The molecule has 46 heavy (non-hydrogen) atoms. The van der Waals surface area contributed by atoms with Gasteiger partial charge < -0.3 is 14.4 Å². The van der Waals surface area contributed by atoms with Crippen LogP contribution >= 0.6 is 0 Å². The van der Waals surface area contributed by atoms with Gasteiger partial charge in [0.25, 0.3) is 0 Å². The summed E-state index contributed by atoms with van der Waals surface area (Å²) in [6.45, 7) is 10.6. The van der Waals surface area contributed by atoms with Gasteiger partial charge in [0, 0.05) is 25.1 Å². The zero-order valence-electron chi connectivity index (χ0n) is 27.2. The van der Waals surface area contributed by atoms with Crippen LogP contribution in [0.5, 0.6) is 5.75 Å². The van der Waals surface area contributed by atoms with Gasteiger partial charge in [0.05, 0.1) is 30.0 Å². The number of carbonyl (C=O) groups is 2. The average Bonchev–Trinajstić information content (AvgIpc) is 3.22. The van der Waals surface area contributed by atoms with Crippen molar-refractivity contribution >= 4 is 23.3 Å². The molecule has 1 saturated heterocycles. The van der Waals surface area contributed by atoms with Crippen molar-refractivity contribution in [2.24, 2.45) is 11.3 Å². The fourth-order valence-corrected chi connectivity index (χ4v) is 6.38. The summed E-state index contributed by atoms with van der Waals surface area (Å²) in [5.41, 5.74) is 0.0518. The van der Waals surface area contributed by atoms with Crippen LogP contribution in [-0.4, -0.2) is 43.6 Å². The Labute approximate surface area is 265 Å². The molecule has 2 aromatic carbocycles. The molecule has 1 heterocycles. The van der Waals surface area contributed by atoms with Crippen molar-refractivity contribution < 1.29 is 45.4 Å². The molecule has 2 atom stereocenters. The quantitative estimate of drug-likeness (QED) is 0.280. The number of allylic oxidation sites excluding steroid dienone is 1. The molecule has 0 spiro atoms. The first kappa shape index (κ1) is 35.2. The Kier molecular flexibility index (Phi) is 9.54. The molecule has 0 N–H and O–H groups in total. The Morgan fingerprint density at radius 2 is 1.74 bits per heavy atom. The smallest absolute Gasteiger partial charge is 0.418 e. The fraction of sp³-hybridized carbons (Fsp3) is 0.529. The van der Waals surface area contributed by atoms with Crippen molar-refractivity contribution in [3.05, 3.63) is 63.7 Å². The molecule has 2 amide bonds. The summed E-state index contributed by atoms with van der Waals surface area (Å²) in [5, 5.41) is 0. The Hall–Kier alpha value is -3.70. The SMILES string of the molecule is COc1cc(C(F)(F)F)c(N(C)C(=O)C(C)C)cc1C1=C(CN2C(=O)O[C@H](c3cc(C)cc(C(F)(F)F)c3)[C@@H]2C)CC(C)(C)CC1. The summed E-state index contributed by atoms with van der Waals surface area (Å²) >= 11 is 0. The minimum atomic E-state index is -4.77. The van der Waals surface area contributed by atoms with E-state index in [0.29, 0.717) is 36.0 Å². The van der Waals surface area contributed by atoms with Crippen LogP contribution < -0.4 is 9.64 Å². The lowest BCUT2D eigenvalue weighted by molar-refractivity contribution is -0.138. The molecular weight excluding hydrogens is 614 g/mol. The van der Waals surface area contributed by atoms with Crippen LogP contribution in [0.15, 0.2) is 35.9 Å². The minimum absolute atomic E-state index is 0.0250. The van der Waals surface area contributed by atoms with Crippen LogP contribution in [0.4, 0.5) is 36.8 Å². The predicted molar refractivity (Wildman–Crippen MR) is 162 cm³/mol. The van der Waals surface area contributed by atoms with Crippen LogP contribution in [0, 0.1) is 18.3 Å². The van der Waals surface area contributed by atoms with E-state index in [1.165, 1.54) is 32.0 Å². The summed E-state index contributed by atoms with van der Waals surface area (Å²) in [6, 6.07) is 5.16. The molecule has 1 aliphatic carbocycles. The molecular formula is C34H40F6N2O4. The highest BCUT2D eigenvalue weighted by molar-refractivity contribution is 5.96. The lowest BCUT2D eigenvalue weighted by atomic mass is 9.72. The molecule has 12 heteroatoms. The normalized spacial score (nSPS) is 20.3. The van der Waals surface area contributed by atoms with Gasteiger partial charge in [-0.1, -0.05) is 39.3 Å². The molecule has 1 fully saturated rings.